The number of rotatable bonds is 3. The van der Waals surface area contributed by atoms with Crippen LogP contribution >= 0.6 is 11.8 Å². The minimum Gasteiger partial charge on any atom is -0.238 e. The number of aromatic nitrogens is 1. The molecular weight excluding hydrogens is 258 g/mol. The smallest absolute Gasteiger partial charge is 0.128 e. The second-order valence-corrected chi connectivity index (χ2v) is 4.37. The van der Waals surface area contributed by atoms with Gasteiger partial charge in [-0.15, -0.1) is 11.8 Å². The number of nitriles is 1. The summed E-state index contributed by atoms with van der Waals surface area (Å²) in [5.41, 5.74) is 10.6. The second kappa shape index (κ2) is 5.91. The quantitative estimate of drug-likeness (QED) is 0.360. The molecule has 0 fully saturated rings. The van der Waals surface area contributed by atoms with Gasteiger partial charge in [-0.1, -0.05) is 30.3 Å². The summed E-state index contributed by atoms with van der Waals surface area (Å²) < 4.78 is 0. The predicted octanol–water partition coefficient (Wildman–Crippen LogP) is 4.28. The molecule has 0 aliphatic rings. The molecule has 0 unspecified atom stereocenters. The van der Waals surface area contributed by atoms with Gasteiger partial charge in [-0.05, 0) is 28.5 Å². The third-order valence-corrected chi connectivity index (χ3v) is 3.19. The fraction of sp³-hybridized carbons (Fsp3) is 0.0769. The SMILES string of the molecule is CSc1nc(N=[N+]=[N-])cc(-c2ccccc2)c1C#N. The molecule has 92 valence electrons. The minimum absolute atomic E-state index is 0.268. The van der Waals surface area contributed by atoms with Crippen molar-refractivity contribution >= 4 is 17.6 Å². The highest BCUT2D eigenvalue weighted by Crippen LogP contribution is 2.32. The molecule has 0 saturated heterocycles. The van der Waals surface area contributed by atoms with Gasteiger partial charge >= 0.3 is 0 Å². The molecule has 1 aromatic heterocycles. The first-order chi connectivity index (χ1) is 9.30. The summed E-state index contributed by atoms with van der Waals surface area (Å²) in [6.07, 6.45) is 1.83. The fourth-order valence-electron chi connectivity index (χ4n) is 1.71. The van der Waals surface area contributed by atoms with Crippen LogP contribution in [0.3, 0.4) is 0 Å². The third-order valence-electron chi connectivity index (χ3n) is 2.51. The molecule has 0 amide bonds. The highest BCUT2D eigenvalue weighted by atomic mass is 32.2. The standard InChI is InChI=1S/C13H9N5S/c1-19-13-11(8-14)10(7-12(16-13)17-18-15)9-5-3-2-4-6-9/h2-7H,1H3. The molecule has 0 atom stereocenters. The van der Waals surface area contributed by atoms with Crippen LogP contribution in [0.25, 0.3) is 21.6 Å². The van der Waals surface area contributed by atoms with Crippen molar-refractivity contribution in [2.24, 2.45) is 5.11 Å². The van der Waals surface area contributed by atoms with Crippen LogP contribution in [0, 0.1) is 11.3 Å². The van der Waals surface area contributed by atoms with Crippen LogP contribution in [0.1, 0.15) is 5.56 Å². The normalized spacial score (nSPS) is 9.47. The Morgan fingerprint density at radius 3 is 2.68 bits per heavy atom. The van der Waals surface area contributed by atoms with Crippen LogP contribution in [0.15, 0.2) is 46.5 Å². The van der Waals surface area contributed by atoms with E-state index in [2.05, 4.69) is 21.1 Å². The van der Waals surface area contributed by atoms with Gasteiger partial charge in [0.25, 0.3) is 0 Å². The van der Waals surface area contributed by atoms with Crippen molar-refractivity contribution in [1.29, 1.82) is 5.26 Å². The molecule has 2 aromatic rings. The molecule has 1 aromatic carbocycles. The number of thioether (sulfide) groups is 1. The average Bonchev–Trinajstić information content (AvgIpc) is 2.47. The Labute approximate surface area is 114 Å². The molecule has 0 radical (unpaired) electrons. The van der Waals surface area contributed by atoms with Crippen molar-refractivity contribution < 1.29 is 0 Å². The topological polar surface area (TPSA) is 85.4 Å². The lowest BCUT2D eigenvalue weighted by atomic mass is 10.0. The number of nitrogens with zero attached hydrogens (tertiary/aromatic N) is 5. The molecule has 0 aliphatic heterocycles. The van der Waals surface area contributed by atoms with Crippen molar-refractivity contribution in [1.82, 2.24) is 4.98 Å². The lowest BCUT2D eigenvalue weighted by Gasteiger charge is -2.08. The van der Waals surface area contributed by atoms with E-state index in [4.69, 9.17) is 5.53 Å². The summed E-state index contributed by atoms with van der Waals surface area (Å²) >= 11 is 1.35. The van der Waals surface area contributed by atoms with Crippen LogP contribution in [0.4, 0.5) is 5.82 Å². The van der Waals surface area contributed by atoms with Crippen molar-refractivity contribution in [2.75, 3.05) is 6.26 Å². The van der Waals surface area contributed by atoms with Crippen molar-refractivity contribution in [3.8, 4) is 17.2 Å². The Kier molecular flexibility index (Phi) is 4.04. The molecule has 0 saturated carbocycles. The van der Waals surface area contributed by atoms with E-state index in [9.17, 15) is 5.26 Å². The highest BCUT2D eigenvalue weighted by Gasteiger charge is 2.12. The van der Waals surface area contributed by atoms with Gasteiger partial charge in [-0.3, -0.25) is 0 Å². The number of azide groups is 1. The van der Waals surface area contributed by atoms with Crippen molar-refractivity contribution in [3.63, 3.8) is 0 Å². The second-order valence-electron chi connectivity index (χ2n) is 3.58. The van der Waals surface area contributed by atoms with E-state index >= 15 is 0 Å². The Morgan fingerprint density at radius 2 is 2.11 bits per heavy atom. The van der Waals surface area contributed by atoms with E-state index in [0.717, 1.165) is 11.1 Å². The van der Waals surface area contributed by atoms with Gasteiger partial charge in [0.1, 0.15) is 16.9 Å². The van der Waals surface area contributed by atoms with Crippen LogP contribution < -0.4 is 0 Å². The summed E-state index contributed by atoms with van der Waals surface area (Å²) in [7, 11) is 0. The number of pyridine rings is 1. The van der Waals surface area contributed by atoms with E-state index in [0.29, 0.717) is 10.6 Å². The van der Waals surface area contributed by atoms with Crippen LogP contribution in [0.5, 0.6) is 0 Å². The first-order valence-corrected chi connectivity index (χ1v) is 6.62. The van der Waals surface area contributed by atoms with E-state index in [1.54, 1.807) is 6.07 Å². The number of hydrogen-bond donors (Lipinski definition) is 0. The van der Waals surface area contributed by atoms with Crippen molar-refractivity contribution in [3.05, 3.63) is 52.4 Å². The average molecular weight is 267 g/mol. The minimum atomic E-state index is 0.268. The summed E-state index contributed by atoms with van der Waals surface area (Å²) in [6, 6.07) is 13.3. The number of hydrogen-bond acceptors (Lipinski definition) is 4. The van der Waals surface area contributed by atoms with Gasteiger partial charge in [0.15, 0.2) is 0 Å². The molecule has 0 bridgehead atoms. The van der Waals surface area contributed by atoms with E-state index in [-0.39, 0.29) is 5.82 Å². The summed E-state index contributed by atoms with van der Waals surface area (Å²) in [6.45, 7) is 0. The number of benzene rings is 1. The van der Waals surface area contributed by atoms with Crippen LogP contribution in [-0.4, -0.2) is 11.2 Å². The zero-order valence-corrected chi connectivity index (χ0v) is 10.9. The first-order valence-electron chi connectivity index (χ1n) is 5.39. The molecule has 0 aliphatic carbocycles. The Balaban J connectivity index is 2.74. The van der Waals surface area contributed by atoms with E-state index in [1.165, 1.54) is 11.8 Å². The molecule has 6 heteroatoms. The zero-order valence-electron chi connectivity index (χ0n) is 10.1. The first kappa shape index (κ1) is 13.0. The summed E-state index contributed by atoms with van der Waals surface area (Å²) in [4.78, 5) is 6.90. The predicted molar refractivity (Wildman–Crippen MR) is 75.0 cm³/mol. The van der Waals surface area contributed by atoms with E-state index < -0.39 is 0 Å². The molecule has 0 spiro atoms. The molecule has 1 heterocycles. The Morgan fingerprint density at radius 1 is 1.37 bits per heavy atom. The summed E-state index contributed by atoms with van der Waals surface area (Å²) in [5, 5.41) is 13.4. The van der Waals surface area contributed by atoms with Gasteiger partial charge in [0.2, 0.25) is 0 Å². The van der Waals surface area contributed by atoms with Crippen LogP contribution in [0.2, 0.25) is 0 Å². The van der Waals surface area contributed by atoms with Crippen molar-refractivity contribution in [2.45, 2.75) is 5.03 Å². The van der Waals surface area contributed by atoms with Gasteiger partial charge in [-0.2, -0.15) is 5.26 Å². The van der Waals surface area contributed by atoms with E-state index in [1.807, 2.05) is 36.6 Å². The zero-order chi connectivity index (χ0) is 13.7. The molecular formula is C13H9N5S. The Bertz CT molecular complexity index is 684. The lowest BCUT2D eigenvalue weighted by Crippen LogP contribution is -1.91. The van der Waals surface area contributed by atoms with Crippen LogP contribution in [-0.2, 0) is 0 Å². The fourth-order valence-corrected chi connectivity index (χ4v) is 2.25. The maximum atomic E-state index is 9.31. The van der Waals surface area contributed by atoms with Gasteiger partial charge < -0.3 is 0 Å². The largest absolute Gasteiger partial charge is 0.238 e. The molecule has 0 N–H and O–H groups in total. The molecule has 19 heavy (non-hydrogen) atoms. The lowest BCUT2D eigenvalue weighted by molar-refractivity contribution is 1.10. The third kappa shape index (κ3) is 2.68. The molecule has 2 rings (SSSR count). The van der Waals surface area contributed by atoms with Gasteiger partial charge in [0, 0.05) is 10.5 Å². The van der Waals surface area contributed by atoms with Gasteiger partial charge in [0.05, 0.1) is 5.56 Å². The summed E-state index contributed by atoms with van der Waals surface area (Å²) in [5.74, 6) is 0.268. The maximum Gasteiger partial charge on any atom is 0.128 e. The van der Waals surface area contributed by atoms with Gasteiger partial charge in [-0.25, -0.2) is 4.98 Å². The molecule has 5 nitrogen and oxygen atoms in total. The maximum absolute atomic E-state index is 9.31. The monoisotopic (exact) mass is 267 g/mol. The Hall–Kier alpha value is -2.48. The highest BCUT2D eigenvalue weighted by molar-refractivity contribution is 7.98.